The summed E-state index contributed by atoms with van der Waals surface area (Å²) in [4.78, 5) is 11.6. The summed E-state index contributed by atoms with van der Waals surface area (Å²) in [5.74, 6) is 0.114. The van der Waals surface area contributed by atoms with Gasteiger partial charge in [0.2, 0.25) is 0 Å². The van der Waals surface area contributed by atoms with Gasteiger partial charge in [-0.25, -0.2) is 0 Å². The molecule has 1 heteroatoms. The Balaban J connectivity index is 2.78. The van der Waals surface area contributed by atoms with E-state index in [9.17, 15) is 4.79 Å². The highest BCUT2D eigenvalue weighted by molar-refractivity contribution is 6.01. The van der Waals surface area contributed by atoms with Crippen LogP contribution in [0.4, 0.5) is 0 Å². The summed E-state index contributed by atoms with van der Waals surface area (Å²) in [6, 6.07) is 12.0. The molecule has 0 bridgehead atoms. The summed E-state index contributed by atoms with van der Waals surface area (Å²) in [6.45, 7) is 5.36. The van der Waals surface area contributed by atoms with Gasteiger partial charge in [-0.2, -0.15) is 0 Å². The van der Waals surface area contributed by atoms with E-state index in [-0.39, 0.29) is 5.78 Å². The number of carbonyl (C=O) groups is 1. The first-order valence-electron chi connectivity index (χ1n) is 5.36. The summed E-state index contributed by atoms with van der Waals surface area (Å²) in [7, 11) is 0. The second kappa shape index (κ2) is 4.31. The fraction of sp³-hybridized carbons (Fsp3) is 0.133. The first-order chi connectivity index (χ1) is 7.74. The molecule has 0 aromatic heterocycles. The Labute approximate surface area is 95.4 Å². The fourth-order valence-electron chi connectivity index (χ4n) is 2.03. The Morgan fingerprint density at radius 3 is 2.69 bits per heavy atom. The fourth-order valence-corrected chi connectivity index (χ4v) is 2.03. The average Bonchev–Trinajstić information content (AvgIpc) is 2.29. The van der Waals surface area contributed by atoms with E-state index in [1.165, 1.54) is 5.39 Å². The van der Waals surface area contributed by atoms with E-state index in [0.717, 1.165) is 22.9 Å². The van der Waals surface area contributed by atoms with Crippen LogP contribution in [0.15, 0.2) is 49.1 Å². The predicted molar refractivity (Wildman–Crippen MR) is 67.9 cm³/mol. The monoisotopic (exact) mass is 210 g/mol. The van der Waals surface area contributed by atoms with Gasteiger partial charge in [-0.1, -0.05) is 42.5 Å². The quantitative estimate of drug-likeness (QED) is 0.556. The van der Waals surface area contributed by atoms with Gasteiger partial charge in [0.25, 0.3) is 0 Å². The minimum absolute atomic E-state index is 0.114. The third kappa shape index (κ3) is 1.76. The van der Waals surface area contributed by atoms with Crippen molar-refractivity contribution in [2.75, 3.05) is 0 Å². The van der Waals surface area contributed by atoms with Crippen molar-refractivity contribution in [3.63, 3.8) is 0 Å². The number of rotatable bonds is 3. The molecule has 0 fully saturated rings. The molecule has 80 valence electrons. The van der Waals surface area contributed by atoms with Gasteiger partial charge in [0.15, 0.2) is 5.78 Å². The molecule has 0 atom stereocenters. The van der Waals surface area contributed by atoms with Crippen LogP contribution in [-0.2, 0) is 6.42 Å². The predicted octanol–water partition coefficient (Wildman–Crippen LogP) is 3.77. The van der Waals surface area contributed by atoms with Gasteiger partial charge in [0, 0.05) is 5.56 Å². The number of ketones is 1. The van der Waals surface area contributed by atoms with Crippen molar-refractivity contribution in [3.8, 4) is 0 Å². The van der Waals surface area contributed by atoms with Gasteiger partial charge in [0.1, 0.15) is 0 Å². The summed E-state index contributed by atoms with van der Waals surface area (Å²) in [5.41, 5.74) is 1.89. The van der Waals surface area contributed by atoms with Crippen LogP contribution < -0.4 is 0 Å². The topological polar surface area (TPSA) is 17.1 Å². The van der Waals surface area contributed by atoms with Crippen molar-refractivity contribution in [3.05, 3.63) is 60.2 Å². The van der Waals surface area contributed by atoms with Crippen molar-refractivity contribution in [2.45, 2.75) is 13.3 Å². The zero-order valence-corrected chi connectivity index (χ0v) is 9.36. The van der Waals surface area contributed by atoms with Gasteiger partial charge < -0.3 is 0 Å². The number of Topliss-reactive ketones (excluding diaryl/α,β-unsaturated/α-hetero) is 1. The van der Waals surface area contributed by atoms with E-state index < -0.39 is 0 Å². The second-order valence-electron chi connectivity index (χ2n) is 3.86. The van der Waals surface area contributed by atoms with E-state index >= 15 is 0 Å². The van der Waals surface area contributed by atoms with Crippen LogP contribution >= 0.6 is 0 Å². The third-order valence-corrected chi connectivity index (χ3v) is 2.77. The molecule has 0 aliphatic heterocycles. The lowest BCUT2D eigenvalue weighted by atomic mass is 9.95. The van der Waals surface area contributed by atoms with Crippen LogP contribution in [0.2, 0.25) is 0 Å². The summed E-state index contributed by atoms with van der Waals surface area (Å²) < 4.78 is 0. The number of hydrogen-bond acceptors (Lipinski definition) is 1. The van der Waals surface area contributed by atoms with Crippen LogP contribution in [0.1, 0.15) is 22.8 Å². The molecule has 0 aliphatic rings. The van der Waals surface area contributed by atoms with E-state index in [1.54, 1.807) is 6.92 Å². The highest BCUT2D eigenvalue weighted by Gasteiger charge is 2.09. The molecule has 0 unspecified atom stereocenters. The zero-order chi connectivity index (χ0) is 11.5. The molecule has 0 radical (unpaired) electrons. The molecule has 2 aromatic carbocycles. The molecule has 0 N–H and O–H groups in total. The lowest BCUT2D eigenvalue weighted by Crippen LogP contribution is -1.99. The van der Waals surface area contributed by atoms with Gasteiger partial charge in [-0.15, -0.1) is 6.58 Å². The van der Waals surface area contributed by atoms with Crippen LogP contribution in [0.5, 0.6) is 0 Å². The Morgan fingerprint density at radius 2 is 2.00 bits per heavy atom. The van der Waals surface area contributed by atoms with Crippen molar-refractivity contribution >= 4 is 16.6 Å². The summed E-state index contributed by atoms with van der Waals surface area (Å²) >= 11 is 0. The highest BCUT2D eigenvalue weighted by atomic mass is 16.1. The zero-order valence-electron chi connectivity index (χ0n) is 9.36. The first kappa shape index (κ1) is 10.6. The number of fused-ring (bicyclic) bond motifs is 1. The number of benzene rings is 2. The Hall–Kier alpha value is -1.89. The van der Waals surface area contributed by atoms with Crippen LogP contribution in [0.3, 0.4) is 0 Å². The molecule has 0 spiro atoms. The van der Waals surface area contributed by atoms with E-state index in [4.69, 9.17) is 0 Å². The first-order valence-corrected chi connectivity index (χ1v) is 5.36. The maximum absolute atomic E-state index is 11.6. The van der Waals surface area contributed by atoms with E-state index in [2.05, 4.69) is 18.7 Å². The molecule has 0 saturated carbocycles. The minimum Gasteiger partial charge on any atom is -0.295 e. The lowest BCUT2D eigenvalue weighted by molar-refractivity contribution is 0.101. The molecule has 0 aliphatic carbocycles. The molecular weight excluding hydrogens is 196 g/mol. The molecule has 0 saturated heterocycles. The van der Waals surface area contributed by atoms with E-state index in [1.807, 2.05) is 30.3 Å². The largest absolute Gasteiger partial charge is 0.295 e. The SMILES string of the molecule is C=CCc1c(C(C)=O)ccc2ccccc12. The average molecular weight is 210 g/mol. The maximum Gasteiger partial charge on any atom is 0.160 e. The Bertz CT molecular complexity index is 552. The standard InChI is InChI=1S/C15H14O/c1-3-6-15-13(11(2)16)10-9-12-7-4-5-8-14(12)15/h3-5,7-10H,1,6H2,2H3. The molecule has 16 heavy (non-hydrogen) atoms. The van der Waals surface area contributed by atoms with Crippen molar-refractivity contribution < 1.29 is 4.79 Å². The number of carbonyl (C=O) groups excluding carboxylic acids is 1. The van der Waals surface area contributed by atoms with Gasteiger partial charge in [0.05, 0.1) is 0 Å². The summed E-state index contributed by atoms with van der Waals surface area (Å²) in [5, 5.41) is 2.32. The molecular formula is C15H14O. The van der Waals surface area contributed by atoms with Crippen LogP contribution in [-0.4, -0.2) is 5.78 Å². The number of hydrogen-bond donors (Lipinski definition) is 0. The van der Waals surface area contributed by atoms with Crippen molar-refractivity contribution in [1.82, 2.24) is 0 Å². The van der Waals surface area contributed by atoms with Crippen molar-refractivity contribution in [2.24, 2.45) is 0 Å². The Kier molecular flexibility index (Phi) is 2.86. The lowest BCUT2D eigenvalue weighted by Gasteiger charge is -2.09. The van der Waals surface area contributed by atoms with E-state index in [0.29, 0.717) is 0 Å². The molecule has 2 rings (SSSR count). The Morgan fingerprint density at radius 1 is 1.25 bits per heavy atom. The molecule has 2 aromatic rings. The van der Waals surface area contributed by atoms with Gasteiger partial charge >= 0.3 is 0 Å². The van der Waals surface area contributed by atoms with Gasteiger partial charge in [-0.3, -0.25) is 4.79 Å². The molecule has 0 amide bonds. The smallest absolute Gasteiger partial charge is 0.160 e. The maximum atomic E-state index is 11.6. The second-order valence-corrected chi connectivity index (χ2v) is 3.86. The minimum atomic E-state index is 0.114. The normalized spacial score (nSPS) is 10.3. The van der Waals surface area contributed by atoms with Gasteiger partial charge in [-0.05, 0) is 29.7 Å². The van der Waals surface area contributed by atoms with Crippen LogP contribution in [0, 0.1) is 0 Å². The van der Waals surface area contributed by atoms with Crippen LogP contribution in [0.25, 0.3) is 10.8 Å². The summed E-state index contributed by atoms with van der Waals surface area (Å²) in [6.07, 6.45) is 2.57. The van der Waals surface area contributed by atoms with Crippen molar-refractivity contribution in [1.29, 1.82) is 0 Å². The molecule has 0 heterocycles. The molecule has 1 nitrogen and oxygen atoms in total. The third-order valence-electron chi connectivity index (χ3n) is 2.77. The number of allylic oxidation sites excluding steroid dienone is 1. The highest BCUT2D eigenvalue weighted by Crippen LogP contribution is 2.23.